The molecule has 6 aromatic heterocycles. The lowest BCUT2D eigenvalue weighted by molar-refractivity contribution is -0.283. The molecule has 0 radical (unpaired) electrons. The molecular formula is C49H59F6N13O8S2. The largest absolute Gasteiger partial charge is 0.476 e. The number of hydrogen-bond donors (Lipinski definition) is 5. The number of likely N-dealkylation sites (N-methyl/N-ethyl adjacent to an activating group) is 2. The molecule has 422 valence electrons. The molecule has 0 spiro atoms. The molecule has 6 rings (SSSR count). The first-order chi connectivity index (χ1) is 36.9. The molecule has 6 aromatic rings. The predicted octanol–water partition coefficient (Wildman–Crippen LogP) is 9.00. The van der Waals surface area contributed by atoms with E-state index in [4.69, 9.17) is 19.1 Å². The number of aromatic nitrogens is 6. The Hall–Kier alpha value is -7.15. The number of hydrogen-bond acceptors (Lipinski definition) is 19. The van der Waals surface area contributed by atoms with Crippen molar-refractivity contribution in [2.24, 2.45) is 0 Å². The number of nitrogens with zero attached hydrogens (tertiary/aromatic N) is 9. The van der Waals surface area contributed by atoms with Gasteiger partial charge in [0.2, 0.25) is 11.8 Å². The topological polar surface area (TPSA) is 244 Å². The number of urea groups is 2. The summed E-state index contributed by atoms with van der Waals surface area (Å²) in [7, 11) is 12.5. The summed E-state index contributed by atoms with van der Waals surface area (Å²) in [6, 6.07) is 4.95. The highest BCUT2D eigenvalue weighted by molar-refractivity contribution is 7.13. The zero-order chi connectivity index (χ0) is 57.3. The highest BCUT2D eigenvalue weighted by atomic mass is 32.1. The Morgan fingerprint density at radius 2 is 1.06 bits per heavy atom. The number of methoxy groups -OCH3 is 1. The molecule has 6 heterocycles. The van der Waals surface area contributed by atoms with Crippen molar-refractivity contribution in [3.63, 3.8) is 0 Å². The van der Waals surface area contributed by atoms with Gasteiger partial charge < -0.3 is 39.5 Å². The van der Waals surface area contributed by atoms with Gasteiger partial charge >= 0.3 is 30.4 Å². The predicted molar refractivity (Wildman–Crippen MR) is 282 cm³/mol. The summed E-state index contributed by atoms with van der Waals surface area (Å²) in [5, 5.41) is 21.8. The minimum atomic E-state index is -4.64. The Kier molecular flexibility index (Phi) is 22.5. The van der Waals surface area contributed by atoms with E-state index in [2.05, 4.69) is 51.2 Å². The molecule has 0 aliphatic carbocycles. The second kappa shape index (κ2) is 28.5. The van der Waals surface area contributed by atoms with E-state index in [0.717, 1.165) is 33.4 Å². The van der Waals surface area contributed by atoms with Crippen LogP contribution in [0, 0.1) is 0 Å². The van der Waals surface area contributed by atoms with Crippen LogP contribution < -0.4 is 30.7 Å². The molecule has 0 aromatic carbocycles. The van der Waals surface area contributed by atoms with Crippen LogP contribution in [-0.4, -0.2) is 163 Å². The summed E-state index contributed by atoms with van der Waals surface area (Å²) in [6.07, 6.45) is -4.00. The van der Waals surface area contributed by atoms with Crippen molar-refractivity contribution in [1.82, 2.24) is 55.2 Å². The van der Waals surface area contributed by atoms with Crippen molar-refractivity contribution in [1.29, 1.82) is 0 Å². The van der Waals surface area contributed by atoms with Crippen LogP contribution in [0.5, 0.6) is 11.8 Å². The van der Waals surface area contributed by atoms with Crippen molar-refractivity contribution in [2.75, 3.05) is 106 Å². The Labute approximate surface area is 453 Å². The van der Waals surface area contributed by atoms with Crippen LogP contribution in [-0.2, 0) is 22.0 Å². The lowest BCUT2D eigenvalue weighted by Gasteiger charge is -2.20. The second-order valence-electron chi connectivity index (χ2n) is 17.4. The molecule has 21 nitrogen and oxygen atoms in total. The van der Waals surface area contributed by atoms with Crippen LogP contribution in [0.25, 0.3) is 43.4 Å². The molecule has 5 N–H and O–H groups in total. The summed E-state index contributed by atoms with van der Waals surface area (Å²) < 4.78 is 96.9. The minimum absolute atomic E-state index is 0.0198. The molecule has 0 fully saturated rings. The number of esters is 1. The number of carbonyl (C=O) groups is 3. The Balaban J connectivity index is 0.000000289. The summed E-state index contributed by atoms with van der Waals surface area (Å²) in [6.45, 7) is 6.47. The molecule has 0 saturated carbocycles. The maximum Gasteiger partial charge on any atom is 0.434 e. The molecule has 78 heavy (non-hydrogen) atoms. The fourth-order valence-corrected chi connectivity index (χ4v) is 8.49. The third kappa shape index (κ3) is 17.7. The molecule has 1 atom stereocenters. The minimum Gasteiger partial charge on any atom is -0.476 e. The zero-order valence-corrected chi connectivity index (χ0v) is 45.6. The SMILES string of the molecule is CCNC(=O)Nc1cc(-c2nc(C(F)(F)F)cs2)c(-c2cc(C(=O)OC)cnc2OCCN(C)C)cn1.CCNC(=O)Nc1cc(-c2nc(C(F)(F)F)cs2)c(-c2cc(C(CCN(C)C)OO)cnc2OCCN(C)C)cn1. The van der Waals surface area contributed by atoms with Gasteiger partial charge in [0.15, 0.2) is 11.4 Å². The Morgan fingerprint density at radius 3 is 1.46 bits per heavy atom. The van der Waals surface area contributed by atoms with E-state index in [1.54, 1.807) is 19.9 Å². The van der Waals surface area contributed by atoms with Crippen LogP contribution in [0.1, 0.15) is 53.7 Å². The zero-order valence-electron chi connectivity index (χ0n) is 43.9. The number of ether oxygens (including phenoxy) is 3. The lowest BCUT2D eigenvalue weighted by Crippen LogP contribution is -2.28. The number of alkyl halides is 6. The fraction of sp³-hybridized carbons (Fsp3) is 0.408. The van der Waals surface area contributed by atoms with E-state index in [0.29, 0.717) is 61.4 Å². The van der Waals surface area contributed by atoms with E-state index in [1.165, 1.54) is 50.1 Å². The molecule has 0 saturated heterocycles. The normalized spacial score (nSPS) is 12.0. The van der Waals surface area contributed by atoms with Gasteiger partial charge in [-0.3, -0.25) is 15.9 Å². The number of amides is 4. The van der Waals surface area contributed by atoms with E-state index in [9.17, 15) is 46.0 Å². The van der Waals surface area contributed by atoms with Crippen molar-refractivity contribution in [3.8, 4) is 55.2 Å². The van der Waals surface area contributed by atoms with Gasteiger partial charge in [-0.05, 0) is 86.8 Å². The van der Waals surface area contributed by atoms with E-state index >= 15 is 0 Å². The number of thiazole rings is 2. The molecular weight excluding hydrogens is 1080 g/mol. The van der Waals surface area contributed by atoms with E-state index < -0.39 is 47.9 Å². The highest BCUT2D eigenvalue weighted by Gasteiger charge is 2.36. The van der Waals surface area contributed by atoms with Crippen LogP contribution in [0.2, 0.25) is 0 Å². The van der Waals surface area contributed by atoms with Crippen molar-refractivity contribution >= 4 is 52.3 Å². The second-order valence-corrected chi connectivity index (χ2v) is 19.2. The highest BCUT2D eigenvalue weighted by Crippen LogP contribution is 2.43. The van der Waals surface area contributed by atoms with Crippen LogP contribution in [0.15, 0.2) is 59.8 Å². The van der Waals surface area contributed by atoms with E-state index in [1.807, 2.05) is 57.0 Å². The van der Waals surface area contributed by atoms with Crippen molar-refractivity contribution in [3.05, 3.63) is 82.3 Å². The number of pyridine rings is 4. The Bertz CT molecular complexity index is 2960. The average molecular weight is 1140 g/mol. The molecule has 29 heteroatoms. The summed E-state index contributed by atoms with van der Waals surface area (Å²) in [4.78, 5) is 71.7. The quantitative estimate of drug-likeness (QED) is 0.0184. The first-order valence-electron chi connectivity index (χ1n) is 23.7. The van der Waals surface area contributed by atoms with E-state index in [-0.39, 0.29) is 68.9 Å². The molecule has 0 aliphatic heterocycles. The molecule has 0 aliphatic rings. The third-order valence-electron chi connectivity index (χ3n) is 10.6. The number of rotatable bonds is 22. The molecule has 0 bridgehead atoms. The van der Waals surface area contributed by atoms with Gasteiger partial charge in [0, 0.05) is 107 Å². The number of nitrogens with one attached hydrogen (secondary N) is 4. The first-order valence-corrected chi connectivity index (χ1v) is 25.5. The standard InChI is InChI=1S/C26H34F3N7O4S.C23H25F3N6O4S/c1-6-30-25(37)34-22-12-18(24-33-21(15-41-24)26(27,28)29)19(14-31-22)17-11-16(20(40-38)7-8-35(2)3)13-32-23(17)39-10-9-36(4)5;1-5-27-22(34)31-18-9-15(20-30-17(12-37-20)23(24,25)26)16(11-28-18)14-8-13(21(33)35-4)10-29-19(14)36-7-6-32(2)3/h11-15,20,38H,6-10H2,1-5H3,(H2,30,31,34,37);8-12H,5-7H2,1-4H3,(H2,27,28,31,34). The lowest BCUT2D eigenvalue weighted by atomic mass is 9.99. The summed E-state index contributed by atoms with van der Waals surface area (Å²) >= 11 is 1.58. The van der Waals surface area contributed by atoms with Crippen LogP contribution in [0.3, 0.4) is 0 Å². The Morgan fingerprint density at radius 1 is 0.615 bits per heavy atom. The smallest absolute Gasteiger partial charge is 0.434 e. The van der Waals surface area contributed by atoms with Crippen molar-refractivity contribution < 1.29 is 65.1 Å². The molecule has 1 unspecified atom stereocenters. The van der Waals surface area contributed by atoms with Gasteiger partial charge in [-0.1, -0.05) is 0 Å². The molecule has 4 amide bonds. The van der Waals surface area contributed by atoms with Gasteiger partial charge in [-0.2, -0.15) is 26.3 Å². The van der Waals surface area contributed by atoms with Crippen LogP contribution in [0.4, 0.5) is 47.6 Å². The monoisotopic (exact) mass is 1140 g/mol. The van der Waals surface area contributed by atoms with Gasteiger partial charge in [0.25, 0.3) is 0 Å². The number of carbonyl (C=O) groups excluding carboxylic acids is 3. The number of anilines is 2. The van der Waals surface area contributed by atoms with Gasteiger partial charge in [0.1, 0.15) is 41.0 Å². The summed E-state index contributed by atoms with van der Waals surface area (Å²) in [5.74, 6) is -0.123. The van der Waals surface area contributed by atoms with Gasteiger partial charge in [-0.25, -0.2) is 49.2 Å². The first kappa shape index (κ1) is 61.7. The van der Waals surface area contributed by atoms with Crippen LogP contribution >= 0.6 is 22.7 Å². The van der Waals surface area contributed by atoms with Crippen molar-refractivity contribution in [2.45, 2.75) is 38.7 Å². The fourth-order valence-electron chi connectivity index (χ4n) is 6.78. The third-order valence-corrected chi connectivity index (χ3v) is 12.4. The van der Waals surface area contributed by atoms with Gasteiger partial charge in [-0.15, -0.1) is 22.7 Å². The number of halogens is 6. The maximum atomic E-state index is 13.4. The average Bonchev–Trinajstić information content (AvgIpc) is 4.10. The van der Waals surface area contributed by atoms with Gasteiger partial charge in [0.05, 0.1) is 12.7 Å². The summed E-state index contributed by atoms with van der Waals surface area (Å²) in [5.41, 5.74) is 0.389. The maximum absolute atomic E-state index is 13.4.